The molecule has 0 bridgehead atoms. The molecule has 0 radical (unpaired) electrons. The summed E-state index contributed by atoms with van der Waals surface area (Å²) in [7, 11) is -2.36. The van der Waals surface area contributed by atoms with Crippen LogP contribution in [0.25, 0.3) is 0 Å². The number of hydrogen-bond acceptors (Lipinski definition) is 5. The molecule has 0 aromatic heterocycles. The molecule has 3 rings (SSSR count). The summed E-state index contributed by atoms with van der Waals surface area (Å²) in [4.78, 5) is 26.0. The fraction of sp³-hybridized carbons (Fsp3) is 0.364. The van der Waals surface area contributed by atoms with Crippen LogP contribution < -0.4 is 10.1 Å². The Hall–Kier alpha value is -2.71. The number of amides is 1. The second-order valence-electron chi connectivity index (χ2n) is 7.60. The van der Waals surface area contributed by atoms with Crippen LogP contribution in [0.15, 0.2) is 59.5 Å². The molecule has 8 heteroatoms. The van der Waals surface area contributed by atoms with Gasteiger partial charge in [-0.15, -0.1) is 0 Å². The fourth-order valence-corrected chi connectivity index (χ4v) is 5.09. The van der Waals surface area contributed by atoms with Gasteiger partial charge >= 0.3 is 0 Å². The summed E-state index contributed by atoms with van der Waals surface area (Å²) in [5.41, 5.74) is 0.466. The van der Waals surface area contributed by atoms with Gasteiger partial charge in [0.25, 0.3) is 0 Å². The number of rotatable bonds is 7. The maximum atomic E-state index is 13.2. The number of methoxy groups -OCH3 is 1. The molecule has 0 unspecified atom stereocenters. The molecule has 2 aromatic rings. The number of ketones is 1. The lowest BCUT2D eigenvalue weighted by Gasteiger charge is -2.18. The SMILES string of the molecule is COc1ccc(S(=O)(=O)N2C[C@@H](C(=O)NC(C)C)[C@H](C(=O)c3ccccc3)C2)cc1. The van der Waals surface area contributed by atoms with E-state index in [9.17, 15) is 18.0 Å². The van der Waals surface area contributed by atoms with Gasteiger partial charge < -0.3 is 10.1 Å². The van der Waals surface area contributed by atoms with Crippen molar-refractivity contribution in [2.24, 2.45) is 11.8 Å². The first kappa shape index (κ1) is 22.0. The maximum Gasteiger partial charge on any atom is 0.243 e. The topological polar surface area (TPSA) is 92.8 Å². The lowest BCUT2D eigenvalue weighted by Crippen LogP contribution is -2.40. The molecule has 1 amide bonds. The van der Waals surface area contributed by atoms with Crippen LogP contribution in [0.4, 0.5) is 0 Å². The van der Waals surface area contributed by atoms with Crippen molar-refractivity contribution in [1.82, 2.24) is 9.62 Å². The van der Waals surface area contributed by atoms with E-state index in [2.05, 4.69) is 5.32 Å². The van der Waals surface area contributed by atoms with E-state index in [4.69, 9.17) is 4.74 Å². The third-order valence-corrected chi connectivity index (χ3v) is 6.99. The van der Waals surface area contributed by atoms with E-state index in [0.29, 0.717) is 11.3 Å². The number of carbonyl (C=O) groups excluding carboxylic acids is 2. The van der Waals surface area contributed by atoms with Crippen molar-refractivity contribution >= 4 is 21.7 Å². The van der Waals surface area contributed by atoms with Gasteiger partial charge in [0, 0.05) is 30.6 Å². The minimum Gasteiger partial charge on any atom is -0.497 e. The average Bonchev–Trinajstić information content (AvgIpc) is 3.20. The third-order valence-electron chi connectivity index (χ3n) is 5.15. The molecule has 0 saturated carbocycles. The molecule has 1 aliphatic heterocycles. The highest BCUT2D eigenvalue weighted by Gasteiger charge is 2.46. The maximum absolute atomic E-state index is 13.2. The van der Waals surface area contributed by atoms with Gasteiger partial charge in [-0.25, -0.2) is 8.42 Å². The fourth-order valence-electron chi connectivity index (χ4n) is 3.60. The number of ether oxygens (including phenoxy) is 1. The second kappa shape index (κ2) is 8.97. The zero-order chi connectivity index (χ0) is 21.9. The summed E-state index contributed by atoms with van der Waals surface area (Å²) in [6.07, 6.45) is 0. The van der Waals surface area contributed by atoms with Gasteiger partial charge in [0.15, 0.2) is 5.78 Å². The lowest BCUT2D eigenvalue weighted by molar-refractivity contribution is -0.125. The van der Waals surface area contributed by atoms with E-state index >= 15 is 0 Å². The summed E-state index contributed by atoms with van der Waals surface area (Å²) in [5, 5.41) is 2.82. The number of benzene rings is 2. The van der Waals surface area contributed by atoms with Crippen LogP contribution in [0.5, 0.6) is 5.75 Å². The summed E-state index contributed by atoms with van der Waals surface area (Å²) in [6.45, 7) is 3.56. The number of nitrogens with zero attached hydrogens (tertiary/aromatic N) is 1. The summed E-state index contributed by atoms with van der Waals surface area (Å²) < 4.78 is 32.7. The highest BCUT2D eigenvalue weighted by atomic mass is 32.2. The van der Waals surface area contributed by atoms with Crippen LogP contribution in [-0.4, -0.2) is 50.7 Å². The van der Waals surface area contributed by atoms with Gasteiger partial charge in [-0.05, 0) is 38.1 Å². The minimum atomic E-state index is -3.86. The molecule has 1 N–H and O–H groups in total. The number of hydrogen-bond donors (Lipinski definition) is 1. The highest BCUT2D eigenvalue weighted by molar-refractivity contribution is 7.89. The Kier molecular flexibility index (Phi) is 6.58. The zero-order valence-corrected chi connectivity index (χ0v) is 18.1. The predicted octanol–water partition coefficient (Wildman–Crippen LogP) is 2.34. The Labute approximate surface area is 177 Å². The molecule has 1 aliphatic rings. The Morgan fingerprint density at radius 3 is 2.17 bits per heavy atom. The van der Waals surface area contributed by atoms with Crippen molar-refractivity contribution in [1.29, 1.82) is 0 Å². The Balaban J connectivity index is 1.91. The van der Waals surface area contributed by atoms with Crippen molar-refractivity contribution in [3.8, 4) is 5.75 Å². The lowest BCUT2D eigenvalue weighted by atomic mass is 9.87. The Morgan fingerprint density at radius 2 is 1.60 bits per heavy atom. The number of sulfonamides is 1. The van der Waals surface area contributed by atoms with Gasteiger partial charge in [-0.1, -0.05) is 30.3 Å². The predicted molar refractivity (Wildman–Crippen MR) is 113 cm³/mol. The van der Waals surface area contributed by atoms with E-state index < -0.39 is 21.9 Å². The van der Waals surface area contributed by atoms with Crippen molar-refractivity contribution in [2.45, 2.75) is 24.8 Å². The van der Waals surface area contributed by atoms with E-state index in [1.54, 1.807) is 42.5 Å². The normalized spacial score (nSPS) is 19.6. The molecule has 30 heavy (non-hydrogen) atoms. The molecule has 160 valence electrons. The largest absolute Gasteiger partial charge is 0.497 e. The van der Waals surface area contributed by atoms with Gasteiger partial charge in [0.2, 0.25) is 15.9 Å². The molecule has 1 heterocycles. The van der Waals surface area contributed by atoms with Crippen molar-refractivity contribution in [2.75, 3.05) is 20.2 Å². The standard InChI is InChI=1S/C22H26N2O5S/c1-15(2)23-22(26)20-14-24(13-19(20)21(25)16-7-5-4-6-8-16)30(27,28)18-11-9-17(29-3)10-12-18/h4-12,15,19-20H,13-14H2,1-3H3,(H,23,26)/t19-,20-/m1/s1. The molecular weight excluding hydrogens is 404 g/mol. The first-order valence-corrected chi connectivity index (χ1v) is 11.2. The molecular formula is C22H26N2O5S. The smallest absolute Gasteiger partial charge is 0.243 e. The summed E-state index contributed by atoms with van der Waals surface area (Å²) in [5.74, 6) is -1.51. The number of Topliss-reactive ketones (excluding diaryl/α,β-unsaturated/α-hetero) is 1. The molecule has 1 saturated heterocycles. The van der Waals surface area contributed by atoms with E-state index in [1.165, 1.54) is 23.5 Å². The van der Waals surface area contributed by atoms with Crippen molar-refractivity contribution < 1.29 is 22.7 Å². The highest BCUT2D eigenvalue weighted by Crippen LogP contribution is 2.32. The molecule has 0 spiro atoms. The summed E-state index contributed by atoms with van der Waals surface area (Å²) in [6, 6.07) is 14.6. The first-order valence-electron chi connectivity index (χ1n) is 9.78. The van der Waals surface area contributed by atoms with Crippen LogP contribution in [0, 0.1) is 11.8 Å². The number of carbonyl (C=O) groups is 2. The first-order chi connectivity index (χ1) is 14.2. The van der Waals surface area contributed by atoms with E-state index in [0.717, 1.165) is 0 Å². The summed E-state index contributed by atoms with van der Waals surface area (Å²) >= 11 is 0. The zero-order valence-electron chi connectivity index (χ0n) is 17.2. The molecule has 2 aromatic carbocycles. The van der Waals surface area contributed by atoms with Crippen molar-refractivity contribution in [3.05, 3.63) is 60.2 Å². The van der Waals surface area contributed by atoms with Gasteiger partial charge in [0.05, 0.1) is 17.9 Å². The Bertz CT molecular complexity index is 1000. The Morgan fingerprint density at radius 1 is 1.00 bits per heavy atom. The van der Waals surface area contributed by atoms with Gasteiger partial charge in [0.1, 0.15) is 5.75 Å². The van der Waals surface area contributed by atoms with Crippen molar-refractivity contribution in [3.63, 3.8) is 0 Å². The van der Waals surface area contributed by atoms with Crippen LogP contribution in [0.1, 0.15) is 24.2 Å². The number of nitrogens with one attached hydrogen (secondary N) is 1. The van der Waals surface area contributed by atoms with Crippen LogP contribution in [-0.2, 0) is 14.8 Å². The van der Waals surface area contributed by atoms with E-state index in [1.807, 2.05) is 13.8 Å². The molecule has 0 aliphatic carbocycles. The minimum absolute atomic E-state index is 0.0434. The average molecular weight is 431 g/mol. The van der Waals surface area contributed by atoms with Crippen LogP contribution >= 0.6 is 0 Å². The van der Waals surface area contributed by atoms with Gasteiger partial charge in [-0.3, -0.25) is 9.59 Å². The van der Waals surface area contributed by atoms with Crippen LogP contribution in [0.2, 0.25) is 0 Å². The van der Waals surface area contributed by atoms with E-state index in [-0.39, 0.29) is 35.7 Å². The molecule has 1 fully saturated rings. The monoisotopic (exact) mass is 430 g/mol. The quantitative estimate of drug-likeness (QED) is 0.681. The van der Waals surface area contributed by atoms with Crippen LogP contribution in [0.3, 0.4) is 0 Å². The second-order valence-corrected chi connectivity index (χ2v) is 9.54. The third kappa shape index (κ3) is 4.55. The van der Waals surface area contributed by atoms with Gasteiger partial charge in [-0.2, -0.15) is 4.31 Å². The molecule has 2 atom stereocenters. The molecule has 7 nitrogen and oxygen atoms in total.